The van der Waals surface area contributed by atoms with E-state index >= 15 is 0 Å². The van der Waals surface area contributed by atoms with Crippen molar-refractivity contribution in [1.82, 2.24) is 0 Å². The average molecular weight is 277 g/mol. The topological polar surface area (TPSA) is 46.2 Å². The third kappa shape index (κ3) is 3.52. The zero-order chi connectivity index (χ0) is 14.8. The van der Waals surface area contributed by atoms with Crippen molar-refractivity contribution in [1.29, 1.82) is 0 Å². The van der Waals surface area contributed by atoms with Gasteiger partial charge in [-0.25, -0.2) is 4.39 Å². The fourth-order valence-electron chi connectivity index (χ4n) is 1.46. The molecule has 0 aliphatic heterocycles. The van der Waals surface area contributed by atoms with Crippen LogP contribution in [-0.4, -0.2) is 17.9 Å². The van der Waals surface area contributed by atoms with E-state index < -0.39 is 29.4 Å². The first-order valence-corrected chi connectivity index (χ1v) is 5.38. The predicted molar refractivity (Wildman–Crippen MR) is 60.5 cm³/mol. The van der Waals surface area contributed by atoms with Gasteiger partial charge in [-0.3, -0.25) is 9.59 Å². The first-order valence-electron chi connectivity index (χ1n) is 5.38. The molecule has 1 aromatic carbocycles. The number of hydrogen-bond donors (Lipinski definition) is 1. The highest BCUT2D eigenvalue weighted by Gasteiger charge is 2.39. The molecule has 19 heavy (non-hydrogen) atoms. The van der Waals surface area contributed by atoms with Gasteiger partial charge in [0.15, 0.2) is 5.78 Å². The van der Waals surface area contributed by atoms with E-state index in [1.807, 2.05) is 0 Å². The summed E-state index contributed by atoms with van der Waals surface area (Å²) in [4.78, 5) is 22.1. The van der Waals surface area contributed by atoms with Crippen LogP contribution >= 0.6 is 0 Å². The SMILES string of the molecule is CCc1cc(F)c(NC(=O)C(F)(F)F)c(C(C)=O)c1. The van der Waals surface area contributed by atoms with Crippen molar-refractivity contribution in [2.24, 2.45) is 0 Å². The second-order valence-electron chi connectivity index (χ2n) is 3.86. The average Bonchev–Trinajstić information content (AvgIpc) is 2.29. The van der Waals surface area contributed by atoms with Crippen LogP contribution in [0.5, 0.6) is 0 Å². The van der Waals surface area contributed by atoms with Gasteiger partial charge in [-0.15, -0.1) is 0 Å². The number of carbonyl (C=O) groups excluding carboxylic acids is 2. The molecule has 7 heteroatoms. The molecule has 3 nitrogen and oxygen atoms in total. The van der Waals surface area contributed by atoms with E-state index in [9.17, 15) is 27.2 Å². The summed E-state index contributed by atoms with van der Waals surface area (Å²) in [5, 5.41) is 1.39. The molecule has 0 aliphatic carbocycles. The lowest BCUT2D eigenvalue weighted by molar-refractivity contribution is -0.167. The van der Waals surface area contributed by atoms with Crippen molar-refractivity contribution in [3.05, 3.63) is 29.1 Å². The Bertz CT molecular complexity index is 523. The van der Waals surface area contributed by atoms with Crippen molar-refractivity contribution < 1.29 is 27.2 Å². The lowest BCUT2D eigenvalue weighted by atomic mass is 10.0. The van der Waals surface area contributed by atoms with Crippen LogP contribution in [0.4, 0.5) is 23.2 Å². The van der Waals surface area contributed by atoms with E-state index in [4.69, 9.17) is 0 Å². The number of nitrogens with one attached hydrogen (secondary N) is 1. The minimum absolute atomic E-state index is 0.283. The van der Waals surface area contributed by atoms with Gasteiger partial charge < -0.3 is 5.32 Å². The summed E-state index contributed by atoms with van der Waals surface area (Å²) in [7, 11) is 0. The van der Waals surface area contributed by atoms with Gasteiger partial charge in [0.25, 0.3) is 0 Å². The number of Topliss-reactive ketones (excluding diaryl/α,β-unsaturated/α-hetero) is 1. The zero-order valence-corrected chi connectivity index (χ0v) is 10.2. The Hall–Kier alpha value is -1.92. The maximum absolute atomic E-state index is 13.7. The molecule has 0 aliphatic rings. The predicted octanol–water partition coefficient (Wildman–Crippen LogP) is 3.09. The summed E-state index contributed by atoms with van der Waals surface area (Å²) >= 11 is 0. The van der Waals surface area contributed by atoms with Gasteiger partial charge in [0.1, 0.15) is 5.82 Å². The second-order valence-corrected chi connectivity index (χ2v) is 3.86. The van der Waals surface area contributed by atoms with Crippen molar-refractivity contribution in [2.75, 3.05) is 5.32 Å². The van der Waals surface area contributed by atoms with Gasteiger partial charge in [0, 0.05) is 5.56 Å². The molecule has 1 rings (SSSR count). The van der Waals surface area contributed by atoms with Gasteiger partial charge in [0.2, 0.25) is 0 Å². The van der Waals surface area contributed by atoms with E-state index in [2.05, 4.69) is 0 Å². The minimum Gasteiger partial charge on any atom is -0.315 e. The third-order valence-electron chi connectivity index (χ3n) is 2.43. The molecule has 0 spiro atoms. The van der Waals surface area contributed by atoms with Crippen LogP contribution in [0.3, 0.4) is 0 Å². The third-order valence-corrected chi connectivity index (χ3v) is 2.43. The number of benzene rings is 1. The highest BCUT2D eigenvalue weighted by atomic mass is 19.4. The van der Waals surface area contributed by atoms with Crippen molar-refractivity contribution >= 4 is 17.4 Å². The van der Waals surface area contributed by atoms with Crippen LogP contribution < -0.4 is 5.32 Å². The summed E-state index contributed by atoms with van der Waals surface area (Å²) in [5.41, 5.74) is -0.575. The van der Waals surface area contributed by atoms with Gasteiger partial charge in [-0.1, -0.05) is 6.92 Å². The lowest BCUT2D eigenvalue weighted by Crippen LogP contribution is -2.31. The van der Waals surface area contributed by atoms with Crippen molar-refractivity contribution in [3.63, 3.8) is 0 Å². The molecule has 0 atom stereocenters. The molecular weight excluding hydrogens is 266 g/mol. The van der Waals surface area contributed by atoms with E-state index in [0.717, 1.165) is 13.0 Å². The van der Waals surface area contributed by atoms with Crippen LogP contribution in [0.15, 0.2) is 12.1 Å². The van der Waals surface area contributed by atoms with Crippen LogP contribution in [0.2, 0.25) is 0 Å². The van der Waals surface area contributed by atoms with Gasteiger partial charge in [-0.05, 0) is 31.0 Å². The fraction of sp³-hybridized carbons (Fsp3) is 0.333. The van der Waals surface area contributed by atoms with Crippen molar-refractivity contribution in [2.45, 2.75) is 26.4 Å². The molecule has 0 radical (unpaired) electrons. The molecule has 0 heterocycles. The quantitative estimate of drug-likeness (QED) is 0.681. The molecule has 0 fully saturated rings. The largest absolute Gasteiger partial charge is 0.471 e. The molecule has 1 N–H and O–H groups in total. The molecule has 0 saturated carbocycles. The number of ketones is 1. The Morgan fingerprint density at radius 2 is 1.84 bits per heavy atom. The molecule has 0 aromatic heterocycles. The highest BCUT2D eigenvalue weighted by Crippen LogP contribution is 2.26. The van der Waals surface area contributed by atoms with Crippen molar-refractivity contribution in [3.8, 4) is 0 Å². The smallest absolute Gasteiger partial charge is 0.315 e. The number of halogens is 4. The number of amides is 1. The van der Waals surface area contributed by atoms with Crippen LogP contribution in [-0.2, 0) is 11.2 Å². The molecule has 0 unspecified atom stereocenters. The Kier molecular flexibility index (Phi) is 4.28. The van der Waals surface area contributed by atoms with E-state index in [1.54, 1.807) is 6.92 Å². The summed E-state index contributed by atoms with van der Waals surface area (Å²) in [6.07, 6.45) is -4.74. The first kappa shape index (κ1) is 15.1. The normalized spacial score (nSPS) is 11.3. The molecule has 104 valence electrons. The van der Waals surface area contributed by atoms with E-state index in [1.165, 1.54) is 11.4 Å². The first-order chi connectivity index (χ1) is 8.66. The highest BCUT2D eigenvalue weighted by molar-refractivity contribution is 6.05. The molecule has 0 saturated heterocycles. The minimum atomic E-state index is -5.15. The maximum Gasteiger partial charge on any atom is 0.471 e. The van der Waals surface area contributed by atoms with Gasteiger partial charge in [0.05, 0.1) is 5.69 Å². The maximum atomic E-state index is 13.7. The van der Waals surface area contributed by atoms with Crippen LogP contribution in [0, 0.1) is 5.82 Å². The monoisotopic (exact) mass is 277 g/mol. The Labute approximate surface area is 106 Å². The Morgan fingerprint density at radius 1 is 1.26 bits per heavy atom. The summed E-state index contributed by atoms with van der Waals surface area (Å²) in [6, 6.07) is 2.25. The zero-order valence-electron chi connectivity index (χ0n) is 10.2. The Balaban J connectivity index is 3.27. The van der Waals surface area contributed by atoms with Crippen LogP contribution in [0.1, 0.15) is 29.8 Å². The summed E-state index contributed by atoms with van der Waals surface area (Å²) in [5.74, 6) is -4.02. The van der Waals surface area contributed by atoms with Gasteiger partial charge in [-0.2, -0.15) is 13.2 Å². The lowest BCUT2D eigenvalue weighted by Gasteiger charge is -2.13. The number of rotatable bonds is 3. The number of carbonyl (C=O) groups is 2. The summed E-state index contributed by atoms with van der Waals surface area (Å²) < 4.78 is 50.0. The molecular formula is C12H11F4NO2. The molecule has 0 bridgehead atoms. The Morgan fingerprint density at radius 3 is 2.26 bits per heavy atom. The number of anilines is 1. The second kappa shape index (κ2) is 5.38. The number of hydrogen-bond acceptors (Lipinski definition) is 2. The summed E-state index contributed by atoms with van der Waals surface area (Å²) in [6.45, 7) is 2.78. The molecule has 1 amide bonds. The van der Waals surface area contributed by atoms with E-state index in [-0.39, 0.29) is 5.56 Å². The standard InChI is InChI=1S/C12H11F4NO2/c1-3-7-4-8(6(2)18)10(9(13)5-7)17-11(19)12(14,15)16/h4-5H,3H2,1-2H3,(H,17,19). The van der Waals surface area contributed by atoms with Crippen LogP contribution in [0.25, 0.3) is 0 Å². The number of alkyl halides is 3. The fourth-order valence-corrected chi connectivity index (χ4v) is 1.46. The van der Waals surface area contributed by atoms with E-state index in [0.29, 0.717) is 12.0 Å². The van der Waals surface area contributed by atoms with Gasteiger partial charge >= 0.3 is 12.1 Å². The number of aryl methyl sites for hydroxylation is 1. The molecule has 1 aromatic rings.